The standard InChI is InChI=1S/C20H26N2O4S/c1-4-16-10-6-8-12-18(16)22(27(3,24)25)15-20(23)21-14-17-11-7-9-13-19(17)26-5-2/h6-13H,4-5,14-15H2,1-3H3,(H,21,23). The van der Waals surface area contributed by atoms with Crippen LogP contribution in [0.4, 0.5) is 5.69 Å². The van der Waals surface area contributed by atoms with Crippen molar-refractivity contribution in [1.82, 2.24) is 5.32 Å². The maximum absolute atomic E-state index is 12.5. The minimum atomic E-state index is -3.60. The quantitative estimate of drug-likeness (QED) is 0.714. The average molecular weight is 391 g/mol. The van der Waals surface area contributed by atoms with Crippen molar-refractivity contribution in [3.8, 4) is 5.75 Å². The second-order valence-corrected chi connectivity index (χ2v) is 7.98. The fourth-order valence-electron chi connectivity index (χ4n) is 2.76. The van der Waals surface area contributed by atoms with E-state index < -0.39 is 10.0 Å². The van der Waals surface area contributed by atoms with E-state index in [1.165, 1.54) is 0 Å². The van der Waals surface area contributed by atoms with Gasteiger partial charge in [-0.05, 0) is 31.0 Å². The smallest absolute Gasteiger partial charge is 0.241 e. The number of sulfonamides is 1. The second-order valence-electron chi connectivity index (χ2n) is 6.07. The van der Waals surface area contributed by atoms with Crippen LogP contribution in [0.3, 0.4) is 0 Å². The molecule has 2 aromatic carbocycles. The predicted molar refractivity (Wildman–Crippen MR) is 107 cm³/mol. The Morgan fingerprint density at radius 1 is 1.04 bits per heavy atom. The van der Waals surface area contributed by atoms with Crippen LogP contribution in [0.15, 0.2) is 48.5 Å². The SMILES string of the molecule is CCOc1ccccc1CNC(=O)CN(c1ccccc1CC)S(C)(=O)=O. The summed E-state index contributed by atoms with van der Waals surface area (Å²) in [4.78, 5) is 12.5. The van der Waals surface area contributed by atoms with Crippen LogP contribution < -0.4 is 14.4 Å². The van der Waals surface area contributed by atoms with Gasteiger partial charge in [0.05, 0.1) is 18.6 Å². The molecule has 0 aromatic heterocycles. The summed E-state index contributed by atoms with van der Waals surface area (Å²) in [5, 5.41) is 2.78. The zero-order valence-corrected chi connectivity index (χ0v) is 16.8. The van der Waals surface area contributed by atoms with E-state index in [9.17, 15) is 13.2 Å². The average Bonchev–Trinajstić information content (AvgIpc) is 2.64. The van der Waals surface area contributed by atoms with Crippen LogP contribution in [0, 0.1) is 0 Å². The van der Waals surface area contributed by atoms with Gasteiger partial charge in [0, 0.05) is 12.1 Å². The summed E-state index contributed by atoms with van der Waals surface area (Å²) in [6, 6.07) is 14.6. The highest BCUT2D eigenvalue weighted by Crippen LogP contribution is 2.23. The second kappa shape index (κ2) is 9.41. The van der Waals surface area contributed by atoms with Crippen LogP contribution in [-0.4, -0.2) is 33.7 Å². The molecule has 0 fully saturated rings. The fraction of sp³-hybridized carbons (Fsp3) is 0.350. The van der Waals surface area contributed by atoms with Crippen LogP contribution in [0.2, 0.25) is 0 Å². The summed E-state index contributed by atoms with van der Waals surface area (Å²) in [6.45, 7) is 4.36. The maximum atomic E-state index is 12.5. The summed E-state index contributed by atoms with van der Waals surface area (Å²) >= 11 is 0. The molecule has 1 amide bonds. The topological polar surface area (TPSA) is 75.7 Å². The first-order valence-corrected chi connectivity index (χ1v) is 10.7. The Balaban J connectivity index is 2.14. The van der Waals surface area contributed by atoms with Crippen molar-refractivity contribution in [3.63, 3.8) is 0 Å². The van der Waals surface area contributed by atoms with Crippen molar-refractivity contribution in [2.75, 3.05) is 23.7 Å². The first-order chi connectivity index (χ1) is 12.9. The van der Waals surface area contributed by atoms with Gasteiger partial charge in [-0.2, -0.15) is 0 Å². The Bertz CT molecular complexity index is 881. The number of benzene rings is 2. The van der Waals surface area contributed by atoms with E-state index in [2.05, 4.69) is 5.32 Å². The molecule has 7 heteroatoms. The van der Waals surface area contributed by atoms with E-state index in [1.807, 2.05) is 50.2 Å². The number of carbonyl (C=O) groups is 1. The minimum Gasteiger partial charge on any atom is -0.494 e. The molecule has 2 aromatic rings. The zero-order valence-electron chi connectivity index (χ0n) is 15.9. The lowest BCUT2D eigenvalue weighted by atomic mass is 10.1. The van der Waals surface area contributed by atoms with Crippen molar-refractivity contribution < 1.29 is 17.9 Å². The fourth-order valence-corrected chi connectivity index (χ4v) is 3.65. The lowest BCUT2D eigenvalue weighted by molar-refractivity contribution is -0.119. The van der Waals surface area contributed by atoms with Gasteiger partial charge in [-0.15, -0.1) is 0 Å². The molecule has 1 N–H and O–H groups in total. The summed E-state index contributed by atoms with van der Waals surface area (Å²) in [5.74, 6) is 0.328. The number of aryl methyl sites for hydroxylation is 1. The van der Waals surface area contributed by atoms with E-state index in [0.717, 1.165) is 21.7 Å². The molecule has 0 heterocycles. The number of carbonyl (C=O) groups excluding carboxylic acids is 1. The Labute approximate surface area is 161 Å². The number of amides is 1. The van der Waals surface area contributed by atoms with E-state index in [-0.39, 0.29) is 19.0 Å². The molecule has 0 spiro atoms. The molecule has 2 rings (SSSR count). The third-order valence-electron chi connectivity index (χ3n) is 4.08. The van der Waals surface area contributed by atoms with Gasteiger partial charge in [0.1, 0.15) is 12.3 Å². The van der Waals surface area contributed by atoms with Crippen molar-refractivity contribution in [2.45, 2.75) is 26.8 Å². The number of rotatable bonds is 9. The van der Waals surface area contributed by atoms with Gasteiger partial charge >= 0.3 is 0 Å². The predicted octanol–water partition coefficient (Wildman–Crippen LogP) is 2.73. The molecule has 0 unspecified atom stereocenters. The molecule has 0 bridgehead atoms. The molecule has 146 valence electrons. The molecule has 0 aliphatic heterocycles. The van der Waals surface area contributed by atoms with Crippen LogP contribution in [-0.2, 0) is 27.8 Å². The largest absolute Gasteiger partial charge is 0.494 e. The number of anilines is 1. The summed E-state index contributed by atoms with van der Waals surface area (Å²) in [6.07, 6.45) is 1.78. The van der Waals surface area contributed by atoms with Gasteiger partial charge in [-0.3, -0.25) is 9.10 Å². The summed E-state index contributed by atoms with van der Waals surface area (Å²) in [5.41, 5.74) is 2.25. The number of hydrogen-bond donors (Lipinski definition) is 1. The summed E-state index contributed by atoms with van der Waals surface area (Å²) < 4.78 is 31.2. The molecule has 6 nitrogen and oxygen atoms in total. The lowest BCUT2D eigenvalue weighted by Crippen LogP contribution is -2.40. The number of hydrogen-bond acceptors (Lipinski definition) is 4. The van der Waals surface area contributed by atoms with Crippen LogP contribution in [0.5, 0.6) is 5.75 Å². The van der Waals surface area contributed by atoms with Crippen LogP contribution in [0.25, 0.3) is 0 Å². The van der Waals surface area contributed by atoms with Gasteiger partial charge in [-0.1, -0.05) is 43.3 Å². The van der Waals surface area contributed by atoms with Gasteiger partial charge in [0.25, 0.3) is 0 Å². The third-order valence-corrected chi connectivity index (χ3v) is 5.20. The molecule has 0 aliphatic carbocycles. The molecule has 0 saturated heterocycles. The van der Waals surface area contributed by atoms with Crippen LogP contribution in [0.1, 0.15) is 25.0 Å². The van der Waals surface area contributed by atoms with E-state index in [4.69, 9.17) is 4.74 Å². The van der Waals surface area contributed by atoms with E-state index >= 15 is 0 Å². The van der Waals surface area contributed by atoms with Gasteiger partial charge < -0.3 is 10.1 Å². The number of nitrogens with one attached hydrogen (secondary N) is 1. The first-order valence-electron chi connectivity index (χ1n) is 8.89. The number of ether oxygens (including phenoxy) is 1. The van der Waals surface area contributed by atoms with Crippen molar-refractivity contribution >= 4 is 21.6 Å². The van der Waals surface area contributed by atoms with E-state index in [1.54, 1.807) is 12.1 Å². The zero-order chi connectivity index (χ0) is 19.9. The Kier molecular flexibility index (Phi) is 7.24. The number of nitrogens with zero attached hydrogens (tertiary/aromatic N) is 1. The van der Waals surface area contributed by atoms with Gasteiger partial charge in [0.15, 0.2) is 0 Å². The van der Waals surface area contributed by atoms with Gasteiger partial charge in [0.2, 0.25) is 15.9 Å². The van der Waals surface area contributed by atoms with Gasteiger partial charge in [-0.25, -0.2) is 8.42 Å². The molecule has 0 saturated carbocycles. The first kappa shape index (κ1) is 20.8. The highest BCUT2D eigenvalue weighted by Gasteiger charge is 2.22. The Morgan fingerprint density at radius 3 is 2.30 bits per heavy atom. The van der Waals surface area contributed by atoms with E-state index in [0.29, 0.717) is 24.5 Å². The molecular formula is C20H26N2O4S. The third kappa shape index (κ3) is 5.72. The molecule has 0 aliphatic rings. The normalized spacial score (nSPS) is 11.1. The molecule has 0 atom stereocenters. The van der Waals surface area contributed by atoms with Crippen molar-refractivity contribution in [1.29, 1.82) is 0 Å². The molecule has 0 radical (unpaired) electrons. The summed E-state index contributed by atoms with van der Waals surface area (Å²) in [7, 11) is -3.60. The van der Waals surface area contributed by atoms with Crippen LogP contribution >= 0.6 is 0 Å². The highest BCUT2D eigenvalue weighted by atomic mass is 32.2. The molecular weight excluding hydrogens is 364 g/mol. The van der Waals surface area contributed by atoms with Crippen molar-refractivity contribution in [3.05, 3.63) is 59.7 Å². The van der Waals surface area contributed by atoms with Crippen molar-refractivity contribution in [2.24, 2.45) is 0 Å². The Morgan fingerprint density at radius 2 is 1.67 bits per heavy atom. The Hall–Kier alpha value is -2.54. The molecule has 27 heavy (non-hydrogen) atoms. The maximum Gasteiger partial charge on any atom is 0.241 e. The minimum absolute atomic E-state index is 0.266. The lowest BCUT2D eigenvalue weighted by Gasteiger charge is -2.24. The monoisotopic (exact) mass is 390 g/mol. The number of para-hydroxylation sites is 2. The highest BCUT2D eigenvalue weighted by molar-refractivity contribution is 7.92.